The molecule has 1 aliphatic carbocycles. The molecular formula is C12H18N2O3S. The second-order valence-corrected chi connectivity index (χ2v) is 6.60. The van der Waals surface area contributed by atoms with Crippen molar-refractivity contribution in [3.63, 3.8) is 0 Å². The number of nitrogen functional groups attached to an aromatic ring is 1. The number of rotatable bonds is 4. The minimum Gasteiger partial charge on any atom is -0.399 e. The summed E-state index contributed by atoms with van der Waals surface area (Å²) in [5.74, 6) is 0.240. The van der Waals surface area contributed by atoms with E-state index in [9.17, 15) is 8.42 Å². The van der Waals surface area contributed by atoms with Crippen LogP contribution in [0.2, 0.25) is 0 Å². The first-order valence-corrected chi connectivity index (χ1v) is 7.40. The van der Waals surface area contributed by atoms with Crippen molar-refractivity contribution < 1.29 is 13.5 Å². The Morgan fingerprint density at radius 1 is 1.44 bits per heavy atom. The van der Waals surface area contributed by atoms with Crippen LogP contribution in [-0.4, -0.2) is 26.2 Å². The van der Waals surface area contributed by atoms with Crippen LogP contribution in [0.15, 0.2) is 23.1 Å². The molecule has 0 radical (unpaired) electrons. The summed E-state index contributed by atoms with van der Waals surface area (Å²) in [4.78, 5) is 0.261. The standard InChI is InChI=1S/C12H18N2O3S/c1-8-4-10(13)2-3-12(8)18(16,17)14-7-9-5-11(15)6-9/h2-4,9,11,14-15H,5-7,13H2,1H3. The molecule has 0 aliphatic heterocycles. The van der Waals surface area contributed by atoms with Crippen LogP contribution in [0.25, 0.3) is 0 Å². The average molecular weight is 270 g/mol. The molecule has 4 N–H and O–H groups in total. The predicted octanol–water partition coefficient (Wildman–Crippen LogP) is 0.626. The summed E-state index contributed by atoms with van der Waals surface area (Å²) < 4.78 is 26.7. The van der Waals surface area contributed by atoms with Gasteiger partial charge in [0, 0.05) is 12.2 Å². The lowest BCUT2D eigenvalue weighted by Gasteiger charge is -2.31. The number of sulfonamides is 1. The highest BCUT2D eigenvalue weighted by Gasteiger charge is 2.28. The van der Waals surface area contributed by atoms with Crippen LogP contribution in [0.5, 0.6) is 0 Å². The Hall–Kier alpha value is -1.11. The van der Waals surface area contributed by atoms with E-state index in [4.69, 9.17) is 10.8 Å². The lowest BCUT2D eigenvalue weighted by Crippen LogP contribution is -2.38. The van der Waals surface area contributed by atoms with Crippen LogP contribution in [0.3, 0.4) is 0 Å². The van der Waals surface area contributed by atoms with E-state index in [1.165, 1.54) is 6.07 Å². The molecule has 1 aliphatic rings. The van der Waals surface area contributed by atoms with Crippen LogP contribution in [0.1, 0.15) is 18.4 Å². The van der Waals surface area contributed by atoms with Gasteiger partial charge < -0.3 is 10.8 Å². The number of anilines is 1. The van der Waals surface area contributed by atoms with Crippen molar-refractivity contribution in [2.24, 2.45) is 5.92 Å². The van der Waals surface area contributed by atoms with Gasteiger partial charge in [0.05, 0.1) is 11.0 Å². The third kappa shape index (κ3) is 2.82. The van der Waals surface area contributed by atoms with Crippen LogP contribution in [0, 0.1) is 12.8 Å². The summed E-state index contributed by atoms with van der Waals surface area (Å²) in [7, 11) is -3.48. The molecule has 0 atom stereocenters. The van der Waals surface area contributed by atoms with E-state index in [-0.39, 0.29) is 16.9 Å². The molecule has 0 bridgehead atoms. The largest absolute Gasteiger partial charge is 0.399 e. The van der Waals surface area contributed by atoms with Gasteiger partial charge in [0.1, 0.15) is 0 Å². The molecule has 0 spiro atoms. The van der Waals surface area contributed by atoms with E-state index in [0.717, 1.165) is 0 Å². The average Bonchev–Trinajstić information content (AvgIpc) is 2.22. The summed E-state index contributed by atoms with van der Waals surface area (Å²) in [5.41, 5.74) is 6.78. The molecule has 100 valence electrons. The number of aliphatic hydroxyl groups is 1. The Kier molecular flexibility index (Phi) is 3.61. The van der Waals surface area contributed by atoms with Gasteiger partial charge in [-0.25, -0.2) is 13.1 Å². The van der Waals surface area contributed by atoms with Crippen molar-refractivity contribution in [1.29, 1.82) is 0 Å². The Bertz CT molecular complexity index is 536. The predicted molar refractivity (Wildman–Crippen MR) is 69.5 cm³/mol. The zero-order chi connectivity index (χ0) is 13.3. The Labute approximate surface area is 107 Å². The molecule has 6 heteroatoms. The Morgan fingerprint density at radius 3 is 2.67 bits per heavy atom. The maximum Gasteiger partial charge on any atom is 0.240 e. The first kappa shape index (κ1) is 13.3. The fraction of sp³-hybridized carbons (Fsp3) is 0.500. The zero-order valence-corrected chi connectivity index (χ0v) is 11.1. The van der Waals surface area contributed by atoms with Gasteiger partial charge in [-0.05, 0) is 49.4 Å². The molecule has 0 amide bonds. The molecule has 1 saturated carbocycles. The van der Waals surface area contributed by atoms with Gasteiger partial charge in [-0.15, -0.1) is 0 Å². The molecule has 18 heavy (non-hydrogen) atoms. The van der Waals surface area contributed by atoms with Gasteiger partial charge in [0.15, 0.2) is 0 Å². The molecule has 0 aromatic heterocycles. The van der Waals surface area contributed by atoms with E-state index < -0.39 is 10.0 Å². The summed E-state index contributed by atoms with van der Waals surface area (Å²) in [6.07, 6.45) is 1.07. The topological polar surface area (TPSA) is 92.4 Å². The molecule has 0 unspecified atom stereocenters. The maximum atomic E-state index is 12.1. The third-order valence-electron chi connectivity index (χ3n) is 3.26. The second-order valence-electron chi connectivity index (χ2n) is 4.87. The second kappa shape index (κ2) is 4.87. The monoisotopic (exact) mass is 270 g/mol. The van der Waals surface area contributed by atoms with Crippen LogP contribution in [-0.2, 0) is 10.0 Å². The van der Waals surface area contributed by atoms with Gasteiger partial charge >= 0.3 is 0 Å². The van der Waals surface area contributed by atoms with Gasteiger partial charge in [-0.1, -0.05) is 0 Å². The fourth-order valence-corrected chi connectivity index (χ4v) is 3.49. The lowest BCUT2D eigenvalue weighted by molar-refractivity contribution is 0.0453. The highest BCUT2D eigenvalue weighted by Crippen LogP contribution is 2.27. The number of aliphatic hydroxyl groups excluding tert-OH is 1. The van der Waals surface area contributed by atoms with Gasteiger partial charge in [0.25, 0.3) is 0 Å². The van der Waals surface area contributed by atoms with Crippen LogP contribution >= 0.6 is 0 Å². The zero-order valence-electron chi connectivity index (χ0n) is 10.3. The summed E-state index contributed by atoms with van der Waals surface area (Å²) in [6.45, 7) is 2.10. The molecule has 1 fully saturated rings. The van der Waals surface area contributed by atoms with Crippen molar-refractivity contribution in [2.45, 2.75) is 30.8 Å². The molecule has 5 nitrogen and oxygen atoms in total. The van der Waals surface area contributed by atoms with E-state index in [1.54, 1.807) is 19.1 Å². The third-order valence-corrected chi connectivity index (χ3v) is 4.85. The van der Waals surface area contributed by atoms with E-state index in [1.807, 2.05) is 0 Å². The number of nitrogens with one attached hydrogen (secondary N) is 1. The number of hydrogen-bond donors (Lipinski definition) is 3. The highest BCUT2D eigenvalue weighted by molar-refractivity contribution is 7.89. The minimum absolute atomic E-state index is 0.240. The Balaban J connectivity index is 2.06. The molecule has 0 heterocycles. The van der Waals surface area contributed by atoms with Gasteiger partial charge in [-0.2, -0.15) is 0 Å². The highest BCUT2D eigenvalue weighted by atomic mass is 32.2. The van der Waals surface area contributed by atoms with Crippen molar-refractivity contribution in [3.8, 4) is 0 Å². The number of aryl methyl sites for hydroxylation is 1. The molecule has 2 rings (SSSR count). The van der Waals surface area contributed by atoms with E-state index in [2.05, 4.69) is 4.72 Å². The van der Waals surface area contributed by atoms with Crippen molar-refractivity contribution >= 4 is 15.7 Å². The summed E-state index contributed by atoms with van der Waals surface area (Å²) >= 11 is 0. The SMILES string of the molecule is Cc1cc(N)ccc1S(=O)(=O)NCC1CC(O)C1. The lowest BCUT2D eigenvalue weighted by atomic mass is 9.83. The van der Waals surface area contributed by atoms with E-state index >= 15 is 0 Å². The summed E-state index contributed by atoms with van der Waals surface area (Å²) in [6, 6.07) is 4.74. The first-order chi connectivity index (χ1) is 8.38. The fourth-order valence-electron chi connectivity index (χ4n) is 2.15. The minimum atomic E-state index is -3.48. The van der Waals surface area contributed by atoms with Crippen molar-refractivity contribution in [3.05, 3.63) is 23.8 Å². The number of hydrogen-bond acceptors (Lipinski definition) is 4. The van der Waals surface area contributed by atoms with Crippen LogP contribution in [0.4, 0.5) is 5.69 Å². The van der Waals surface area contributed by atoms with Gasteiger partial charge in [-0.3, -0.25) is 0 Å². The molecular weight excluding hydrogens is 252 g/mol. The molecule has 1 aromatic rings. The normalized spacial score (nSPS) is 23.7. The van der Waals surface area contributed by atoms with Crippen LogP contribution < -0.4 is 10.5 Å². The van der Waals surface area contributed by atoms with E-state index in [0.29, 0.717) is 30.6 Å². The molecule has 1 aromatic carbocycles. The van der Waals surface area contributed by atoms with Crippen molar-refractivity contribution in [2.75, 3.05) is 12.3 Å². The quantitative estimate of drug-likeness (QED) is 0.700. The van der Waals surface area contributed by atoms with Crippen molar-refractivity contribution in [1.82, 2.24) is 4.72 Å². The first-order valence-electron chi connectivity index (χ1n) is 5.92. The number of nitrogens with two attached hydrogens (primary N) is 1. The number of benzene rings is 1. The molecule has 0 saturated heterocycles. The van der Waals surface area contributed by atoms with Gasteiger partial charge in [0.2, 0.25) is 10.0 Å². The maximum absolute atomic E-state index is 12.1. The summed E-state index contributed by atoms with van der Waals surface area (Å²) in [5, 5.41) is 9.15. The smallest absolute Gasteiger partial charge is 0.240 e. The Morgan fingerprint density at radius 2 is 2.11 bits per heavy atom.